The van der Waals surface area contributed by atoms with Gasteiger partial charge in [-0.25, -0.2) is 0 Å². The molecule has 18 heavy (non-hydrogen) atoms. The molecule has 1 amide bonds. The third-order valence-electron chi connectivity index (χ3n) is 3.59. The Balaban J connectivity index is 0.00000162. The summed E-state index contributed by atoms with van der Waals surface area (Å²) in [6, 6.07) is 7.62. The zero-order chi connectivity index (χ0) is 12.3. The van der Waals surface area contributed by atoms with Crippen LogP contribution in [-0.2, 0) is 6.54 Å². The molecular formula is C14H21ClN2O. The third kappa shape index (κ3) is 3.24. The first-order chi connectivity index (χ1) is 8.24. The molecule has 0 bridgehead atoms. The molecule has 1 atom stereocenters. The predicted molar refractivity (Wildman–Crippen MR) is 75.9 cm³/mol. The highest BCUT2D eigenvalue weighted by atomic mass is 35.5. The molecule has 1 unspecified atom stereocenters. The molecule has 0 saturated carbocycles. The van der Waals surface area contributed by atoms with E-state index in [1.807, 2.05) is 29.2 Å². The number of halogens is 1. The lowest BCUT2D eigenvalue weighted by Gasteiger charge is -2.16. The fraction of sp³-hybridized carbons (Fsp3) is 0.500. The Kier molecular flexibility index (Phi) is 5.63. The monoisotopic (exact) mass is 268 g/mol. The van der Waals surface area contributed by atoms with Gasteiger partial charge >= 0.3 is 0 Å². The van der Waals surface area contributed by atoms with Crippen molar-refractivity contribution in [2.45, 2.75) is 26.3 Å². The van der Waals surface area contributed by atoms with Gasteiger partial charge in [-0.3, -0.25) is 4.79 Å². The molecule has 4 heteroatoms. The zero-order valence-electron chi connectivity index (χ0n) is 10.8. The van der Waals surface area contributed by atoms with Crippen molar-refractivity contribution in [1.29, 1.82) is 0 Å². The minimum atomic E-state index is 0. The number of nitrogens with two attached hydrogens (primary N) is 1. The zero-order valence-corrected chi connectivity index (χ0v) is 11.6. The molecule has 0 spiro atoms. The molecule has 1 saturated heterocycles. The largest absolute Gasteiger partial charge is 0.338 e. The van der Waals surface area contributed by atoms with Crippen molar-refractivity contribution in [2.75, 3.05) is 13.1 Å². The van der Waals surface area contributed by atoms with Crippen molar-refractivity contribution < 1.29 is 4.79 Å². The Bertz CT molecular complexity index is 391. The van der Waals surface area contributed by atoms with E-state index >= 15 is 0 Å². The SMILES string of the molecule is CCC1CCN(C(=O)c2ccc(CN)cc2)C1.Cl. The Morgan fingerprint density at radius 1 is 1.39 bits per heavy atom. The predicted octanol–water partition coefficient (Wildman–Crippen LogP) is 2.44. The maximum absolute atomic E-state index is 12.2. The molecule has 0 aliphatic carbocycles. The second kappa shape index (κ2) is 6.76. The highest BCUT2D eigenvalue weighted by Gasteiger charge is 2.25. The summed E-state index contributed by atoms with van der Waals surface area (Å²) in [6.07, 6.45) is 2.30. The number of rotatable bonds is 3. The van der Waals surface area contributed by atoms with Gasteiger partial charge < -0.3 is 10.6 Å². The fourth-order valence-electron chi connectivity index (χ4n) is 2.32. The van der Waals surface area contributed by atoms with Crippen LogP contribution in [0.2, 0.25) is 0 Å². The molecular weight excluding hydrogens is 248 g/mol. The number of carbonyl (C=O) groups is 1. The van der Waals surface area contributed by atoms with Crippen molar-refractivity contribution in [3.05, 3.63) is 35.4 Å². The van der Waals surface area contributed by atoms with Gasteiger partial charge in [0.25, 0.3) is 5.91 Å². The molecule has 1 aromatic carbocycles. The molecule has 2 N–H and O–H groups in total. The van der Waals surface area contributed by atoms with E-state index in [-0.39, 0.29) is 18.3 Å². The van der Waals surface area contributed by atoms with E-state index in [0.717, 1.165) is 37.1 Å². The lowest BCUT2D eigenvalue weighted by atomic mass is 10.1. The van der Waals surface area contributed by atoms with Gasteiger partial charge in [-0.2, -0.15) is 0 Å². The van der Waals surface area contributed by atoms with Crippen LogP contribution >= 0.6 is 12.4 Å². The molecule has 1 fully saturated rings. The van der Waals surface area contributed by atoms with Gasteiger partial charge in [0.2, 0.25) is 0 Å². The van der Waals surface area contributed by atoms with E-state index in [1.54, 1.807) is 0 Å². The van der Waals surface area contributed by atoms with Gasteiger partial charge in [-0.1, -0.05) is 25.5 Å². The summed E-state index contributed by atoms with van der Waals surface area (Å²) in [5.74, 6) is 0.840. The Morgan fingerprint density at radius 3 is 2.56 bits per heavy atom. The summed E-state index contributed by atoms with van der Waals surface area (Å²) >= 11 is 0. The quantitative estimate of drug-likeness (QED) is 0.915. The first-order valence-electron chi connectivity index (χ1n) is 6.33. The van der Waals surface area contributed by atoms with Crippen LogP contribution in [-0.4, -0.2) is 23.9 Å². The van der Waals surface area contributed by atoms with Crippen LogP contribution in [0.15, 0.2) is 24.3 Å². The van der Waals surface area contributed by atoms with Crippen molar-refractivity contribution in [1.82, 2.24) is 4.90 Å². The maximum Gasteiger partial charge on any atom is 0.253 e. The van der Waals surface area contributed by atoms with Gasteiger partial charge in [0.1, 0.15) is 0 Å². The normalized spacial score (nSPS) is 18.6. The molecule has 1 aliphatic heterocycles. The van der Waals surface area contributed by atoms with Crippen LogP contribution in [0, 0.1) is 5.92 Å². The van der Waals surface area contributed by atoms with Crippen LogP contribution in [0.4, 0.5) is 0 Å². The first-order valence-corrected chi connectivity index (χ1v) is 6.33. The van der Waals surface area contributed by atoms with Crippen molar-refractivity contribution in [3.63, 3.8) is 0 Å². The summed E-state index contributed by atoms with van der Waals surface area (Å²) in [5, 5.41) is 0. The molecule has 1 aromatic rings. The van der Waals surface area contributed by atoms with E-state index < -0.39 is 0 Å². The van der Waals surface area contributed by atoms with Crippen LogP contribution in [0.25, 0.3) is 0 Å². The Hall–Kier alpha value is -1.06. The smallest absolute Gasteiger partial charge is 0.253 e. The number of benzene rings is 1. The summed E-state index contributed by atoms with van der Waals surface area (Å²) in [7, 11) is 0. The van der Waals surface area contributed by atoms with Gasteiger partial charge in [0.15, 0.2) is 0 Å². The summed E-state index contributed by atoms with van der Waals surface area (Å²) in [6.45, 7) is 4.52. The molecule has 0 aromatic heterocycles. The van der Waals surface area contributed by atoms with Gasteiger partial charge in [-0.15, -0.1) is 12.4 Å². The summed E-state index contributed by atoms with van der Waals surface area (Å²) in [5.41, 5.74) is 7.38. The topological polar surface area (TPSA) is 46.3 Å². The van der Waals surface area contributed by atoms with Gasteiger partial charge in [0.05, 0.1) is 0 Å². The standard InChI is InChI=1S/C14H20N2O.ClH/c1-2-11-7-8-16(10-11)14(17)13-5-3-12(9-15)4-6-13;/h3-6,11H,2,7-10,15H2,1H3;1H. The number of amides is 1. The Labute approximate surface area is 115 Å². The van der Waals surface area contributed by atoms with Crippen LogP contribution < -0.4 is 5.73 Å². The first kappa shape index (κ1) is 15.0. The second-order valence-corrected chi connectivity index (χ2v) is 4.72. The van der Waals surface area contributed by atoms with E-state index in [0.29, 0.717) is 12.5 Å². The minimum Gasteiger partial charge on any atom is -0.338 e. The number of nitrogens with zero attached hydrogens (tertiary/aromatic N) is 1. The highest BCUT2D eigenvalue weighted by molar-refractivity contribution is 5.94. The van der Waals surface area contributed by atoms with Crippen molar-refractivity contribution in [2.24, 2.45) is 11.7 Å². The number of likely N-dealkylation sites (tertiary alicyclic amines) is 1. The molecule has 1 aliphatic rings. The molecule has 2 rings (SSSR count). The van der Waals surface area contributed by atoms with Crippen molar-refractivity contribution >= 4 is 18.3 Å². The van der Waals surface area contributed by atoms with Crippen LogP contribution in [0.5, 0.6) is 0 Å². The van der Waals surface area contributed by atoms with E-state index in [2.05, 4.69) is 6.92 Å². The van der Waals surface area contributed by atoms with Crippen molar-refractivity contribution in [3.8, 4) is 0 Å². The summed E-state index contributed by atoms with van der Waals surface area (Å²) in [4.78, 5) is 14.2. The van der Waals surface area contributed by atoms with Crippen LogP contribution in [0.3, 0.4) is 0 Å². The lowest BCUT2D eigenvalue weighted by molar-refractivity contribution is 0.0787. The van der Waals surface area contributed by atoms with E-state index in [9.17, 15) is 4.79 Å². The third-order valence-corrected chi connectivity index (χ3v) is 3.59. The van der Waals surface area contributed by atoms with Gasteiger partial charge in [0, 0.05) is 25.2 Å². The highest BCUT2D eigenvalue weighted by Crippen LogP contribution is 2.21. The molecule has 3 nitrogen and oxygen atoms in total. The van der Waals surface area contributed by atoms with E-state index in [1.165, 1.54) is 0 Å². The minimum absolute atomic E-state index is 0. The Morgan fingerprint density at radius 2 is 2.06 bits per heavy atom. The fourth-order valence-corrected chi connectivity index (χ4v) is 2.32. The van der Waals surface area contributed by atoms with Gasteiger partial charge in [-0.05, 0) is 30.0 Å². The second-order valence-electron chi connectivity index (χ2n) is 4.72. The molecule has 0 radical (unpaired) electrons. The maximum atomic E-state index is 12.2. The van der Waals surface area contributed by atoms with E-state index in [4.69, 9.17) is 5.73 Å². The van der Waals surface area contributed by atoms with Crippen LogP contribution in [0.1, 0.15) is 35.7 Å². The average molecular weight is 269 g/mol. The number of carbonyl (C=O) groups excluding carboxylic acids is 1. The number of hydrogen-bond acceptors (Lipinski definition) is 2. The number of hydrogen-bond donors (Lipinski definition) is 1. The lowest BCUT2D eigenvalue weighted by Crippen LogP contribution is -2.28. The summed E-state index contributed by atoms with van der Waals surface area (Å²) < 4.78 is 0. The average Bonchev–Trinajstić information content (AvgIpc) is 2.87. The molecule has 100 valence electrons. The molecule has 1 heterocycles.